The fourth-order valence-corrected chi connectivity index (χ4v) is 5.09. The minimum absolute atomic E-state index is 0.104. The number of rotatable bonds is 35. The second-order valence-corrected chi connectivity index (χ2v) is 13.0. The molecule has 0 bridgehead atoms. The van der Waals surface area contributed by atoms with E-state index in [9.17, 15) is 14.7 Å². The summed E-state index contributed by atoms with van der Waals surface area (Å²) >= 11 is 0. The van der Waals surface area contributed by atoms with Crippen molar-refractivity contribution in [2.45, 2.75) is 174 Å². The predicted molar refractivity (Wildman–Crippen MR) is 214 cm³/mol. The zero-order valence-electron chi connectivity index (χ0n) is 32.1. The van der Waals surface area contributed by atoms with Crippen molar-refractivity contribution in [2.24, 2.45) is 0 Å². The number of aliphatic hydroxyl groups is 1. The lowest BCUT2D eigenvalue weighted by Gasteiger charge is -2.15. The second kappa shape index (κ2) is 40.5. The number of allylic oxidation sites excluding steroid dienone is 14. The van der Waals surface area contributed by atoms with Gasteiger partial charge in [-0.2, -0.15) is 0 Å². The van der Waals surface area contributed by atoms with Crippen molar-refractivity contribution in [3.05, 3.63) is 85.1 Å². The van der Waals surface area contributed by atoms with E-state index in [2.05, 4.69) is 86.8 Å². The summed E-state index contributed by atoms with van der Waals surface area (Å²) in [6, 6.07) is 0. The van der Waals surface area contributed by atoms with Crippen molar-refractivity contribution >= 4 is 11.9 Å². The number of unbranched alkanes of at least 4 members (excludes halogenated alkanes) is 13. The van der Waals surface area contributed by atoms with Gasteiger partial charge in [0.1, 0.15) is 6.61 Å². The summed E-state index contributed by atoms with van der Waals surface area (Å²) in [7, 11) is 0. The van der Waals surface area contributed by atoms with Crippen molar-refractivity contribution in [3.63, 3.8) is 0 Å². The Hall–Kier alpha value is -2.92. The number of aliphatic hydroxyl groups excluding tert-OH is 1. The highest BCUT2D eigenvalue weighted by molar-refractivity contribution is 5.70. The van der Waals surface area contributed by atoms with E-state index in [1.54, 1.807) is 0 Å². The van der Waals surface area contributed by atoms with Gasteiger partial charge >= 0.3 is 11.9 Å². The van der Waals surface area contributed by atoms with Crippen molar-refractivity contribution in [1.29, 1.82) is 0 Å². The first-order valence-electron chi connectivity index (χ1n) is 20.1. The van der Waals surface area contributed by atoms with Gasteiger partial charge in [0, 0.05) is 12.8 Å². The molecule has 0 heterocycles. The van der Waals surface area contributed by atoms with Crippen LogP contribution < -0.4 is 0 Å². The number of carbonyl (C=O) groups excluding carboxylic acids is 2. The highest BCUT2D eigenvalue weighted by Crippen LogP contribution is 2.11. The van der Waals surface area contributed by atoms with Gasteiger partial charge in [0.25, 0.3) is 0 Å². The molecule has 0 aliphatic rings. The lowest BCUT2D eigenvalue weighted by atomic mass is 10.1. The summed E-state index contributed by atoms with van der Waals surface area (Å²) in [5.74, 6) is -0.703. The molecular weight excluding hydrogens is 620 g/mol. The lowest BCUT2D eigenvalue weighted by Crippen LogP contribution is -2.28. The zero-order valence-corrected chi connectivity index (χ0v) is 32.1. The van der Waals surface area contributed by atoms with Gasteiger partial charge in [-0.05, 0) is 83.5 Å². The molecule has 1 N–H and O–H groups in total. The number of esters is 2. The van der Waals surface area contributed by atoms with Crippen LogP contribution in [0, 0.1) is 0 Å². The standard InChI is InChI=1S/C45H74O5/c1-3-5-7-9-11-13-15-17-19-21-22-24-26-28-30-32-34-36-38-40-45(48)50-43(41-46)42-49-44(47)39-37-35-33-31-29-27-25-23-20-18-16-14-12-10-8-6-4-2/h11-14,17-20,22,24,28,30,34,36,43,46H,3-10,15-16,21,23,25-27,29,31-33,35,37-42H2,1-2H3/t43-/m0/s1. The summed E-state index contributed by atoms with van der Waals surface area (Å²) in [6.07, 6.45) is 55.0. The number of carbonyl (C=O) groups is 2. The van der Waals surface area contributed by atoms with E-state index in [-0.39, 0.29) is 25.6 Å². The van der Waals surface area contributed by atoms with Crippen LogP contribution in [-0.2, 0) is 19.1 Å². The Morgan fingerprint density at radius 1 is 0.460 bits per heavy atom. The maximum Gasteiger partial charge on any atom is 0.306 e. The molecule has 0 aromatic heterocycles. The number of ether oxygens (including phenoxy) is 2. The smallest absolute Gasteiger partial charge is 0.306 e. The Bertz CT molecular complexity index is 968. The van der Waals surface area contributed by atoms with Gasteiger partial charge in [-0.3, -0.25) is 9.59 Å². The summed E-state index contributed by atoms with van der Waals surface area (Å²) in [5, 5.41) is 9.55. The van der Waals surface area contributed by atoms with Crippen LogP contribution >= 0.6 is 0 Å². The molecular formula is C45H74O5. The van der Waals surface area contributed by atoms with E-state index in [1.165, 1.54) is 77.0 Å². The van der Waals surface area contributed by atoms with Crippen LogP contribution in [0.4, 0.5) is 0 Å². The van der Waals surface area contributed by atoms with Crippen molar-refractivity contribution in [3.8, 4) is 0 Å². The van der Waals surface area contributed by atoms with E-state index in [0.29, 0.717) is 12.8 Å². The molecule has 0 saturated heterocycles. The molecule has 1 atom stereocenters. The summed E-state index contributed by atoms with van der Waals surface area (Å²) < 4.78 is 10.5. The van der Waals surface area contributed by atoms with Crippen LogP contribution in [0.5, 0.6) is 0 Å². The SMILES string of the molecule is CCCCCC=CCC=CCC=CCC=CCC=CCCC(=O)O[C@@H](CO)COC(=O)CCCCCCCCCC=CCC=CCCCCC. The molecule has 0 fully saturated rings. The Morgan fingerprint density at radius 2 is 0.840 bits per heavy atom. The van der Waals surface area contributed by atoms with Gasteiger partial charge in [-0.15, -0.1) is 0 Å². The van der Waals surface area contributed by atoms with E-state index in [4.69, 9.17) is 9.47 Å². The fourth-order valence-electron chi connectivity index (χ4n) is 5.09. The highest BCUT2D eigenvalue weighted by Gasteiger charge is 2.15. The Morgan fingerprint density at radius 3 is 1.28 bits per heavy atom. The molecule has 0 radical (unpaired) electrons. The van der Waals surface area contributed by atoms with Crippen LogP contribution in [0.1, 0.15) is 168 Å². The lowest BCUT2D eigenvalue weighted by molar-refractivity contribution is -0.161. The third-order valence-corrected chi connectivity index (χ3v) is 8.17. The summed E-state index contributed by atoms with van der Waals surface area (Å²) in [6.45, 7) is 4.00. The molecule has 0 aliphatic heterocycles. The molecule has 0 unspecified atom stereocenters. The molecule has 0 spiro atoms. The van der Waals surface area contributed by atoms with Gasteiger partial charge in [0.2, 0.25) is 0 Å². The van der Waals surface area contributed by atoms with Gasteiger partial charge in [0.15, 0.2) is 6.10 Å². The largest absolute Gasteiger partial charge is 0.462 e. The fraction of sp³-hybridized carbons (Fsp3) is 0.644. The van der Waals surface area contributed by atoms with E-state index >= 15 is 0 Å². The third-order valence-electron chi connectivity index (χ3n) is 8.17. The first-order chi connectivity index (χ1) is 24.6. The molecule has 5 nitrogen and oxygen atoms in total. The van der Waals surface area contributed by atoms with Crippen molar-refractivity contribution in [2.75, 3.05) is 13.2 Å². The summed E-state index contributed by atoms with van der Waals surface area (Å²) in [5.41, 5.74) is 0. The normalized spacial score (nSPS) is 13.1. The van der Waals surface area contributed by atoms with E-state index < -0.39 is 12.1 Å². The van der Waals surface area contributed by atoms with Crippen LogP contribution in [0.2, 0.25) is 0 Å². The molecule has 5 heteroatoms. The number of hydrogen-bond donors (Lipinski definition) is 1. The molecule has 0 rings (SSSR count). The Balaban J connectivity index is 3.72. The van der Waals surface area contributed by atoms with E-state index in [0.717, 1.165) is 57.8 Å². The predicted octanol–water partition coefficient (Wildman–Crippen LogP) is 12.7. The third kappa shape index (κ3) is 37.9. The van der Waals surface area contributed by atoms with E-state index in [1.807, 2.05) is 12.2 Å². The maximum absolute atomic E-state index is 12.1. The van der Waals surface area contributed by atoms with Crippen LogP contribution in [0.3, 0.4) is 0 Å². The Kier molecular flexibility index (Phi) is 38.1. The van der Waals surface area contributed by atoms with Crippen molar-refractivity contribution in [1.82, 2.24) is 0 Å². The molecule has 0 amide bonds. The first kappa shape index (κ1) is 47.1. The molecule has 0 aromatic rings. The number of hydrogen-bond acceptors (Lipinski definition) is 5. The minimum Gasteiger partial charge on any atom is -0.462 e. The van der Waals surface area contributed by atoms with Crippen LogP contribution in [-0.4, -0.2) is 36.4 Å². The highest BCUT2D eigenvalue weighted by atomic mass is 16.6. The monoisotopic (exact) mass is 695 g/mol. The minimum atomic E-state index is -0.819. The van der Waals surface area contributed by atoms with Crippen molar-refractivity contribution < 1.29 is 24.2 Å². The first-order valence-corrected chi connectivity index (χ1v) is 20.1. The topological polar surface area (TPSA) is 72.8 Å². The average molecular weight is 695 g/mol. The van der Waals surface area contributed by atoms with Crippen LogP contribution in [0.25, 0.3) is 0 Å². The molecule has 50 heavy (non-hydrogen) atoms. The maximum atomic E-state index is 12.1. The average Bonchev–Trinajstić information content (AvgIpc) is 3.12. The van der Waals surface area contributed by atoms with Gasteiger partial charge in [-0.25, -0.2) is 0 Å². The van der Waals surface area contributed by atoms with Crippen LogP contribution in [0.15, 0.2) is 85.1 Å². The molecule has 284 valence electrons. The Labute approximate surface area is 307 Å². The zero-order chi connectivity index (χ0) is 36.4. The van der Waals surface area contributed by atoms with Gasteiger partial charge in [0.05, 0.1) is 6.61 Å². The summed E-state index contributed by atoms with van der Waals surface area (Å²) in [4.78, 5) is 24.2. The quantitative estimate of drug-likeness (QED) is 0.0406. The molecule has 0 saturated carbocycles. The molecule has 0 aliphatic carbocycles. The molecule has 0 aromatic carbocycles. The van der Waals surface area contributed by atoms with Gasteiger partial charge in [-0.1, -0.05) is 157 Å². The second-order valence-electron chi connectivity index (χ2n) is 13.0. The van der Waals surface area contributed by atoms with Gasteiger partial charge < -0.3 is 14.6 Å².